The van der Waals surface area contributed by atoms with E-state index >= 15 is 0 Å². The first kappa shape index (κ1) is 22.3. The van der Waals surface area contributed by atoms with Crippen molar-refractivity contribution in [1.29, 1.82) is 5.26 Å². The quantitative estimate of drug-likeness (QED) is 0.361. The number of anilines is 1. The lowest BCUT2D eigenvalue weighted by molar-refractivity contribution is -0.113. The summed E-state index contributed by atoms with van der Waals surface area (Å²) in [5, 5.41) is 31.3. The van der Waals surface area contributed by atoms with E-state index in [1.807, 2.05) is 43.4 Å². The Morgan fingerprint density at radius 2 is 2.03 bits per heavy atom. The van der Waals surface area contributed by atoms with Gasteiger partial charge < -0.3 is 20.1 Å². The Morgan fingerprint density at radius 3 is 2.76 bits per heavy atom. The Morgan fingerprint density at radius 1 is 1.24 bits per heavy atom. The number of likely N-dealkylation sites (tertiary alicyclic amines) is 1. The van der Waals surface area contributed by atoms with Crippen LogP contribution in [0.25, 0.3) is 33.4 Å². The number of hydrogen-bond donors (Lipinski definition) is 3. The van der Waals surface area contributed by atoms with Crippen molar-refractivity contribution in [3.8, 4) is 28.6 Å². The molecule has 1 saturated heterocycles. The van der Waals surface area contributed by atoms with Gasteiger partial charge in [0.05, 0.1) is 34.2 Å². The molecule has 0 saturated carbocycles. The molecule has 2 aromatic carbocycles. The topological polar surface area (TPSA) is 123 Å². The van der Waals surface area contributed by atoms with E-state index in [2.05, 4.69) is 31.5 Å². The number of aliphatic hydroxyl groups excluding tert-OH is 1. The van der Waals surface area contributed by atoms with Gasteiger partial charge in [-0.05, 0) is 25.6 Å². The summed E-state index contributed by atoms with van der Waals surface area (Å²) in [6.45, 7) is 1.62. The smallest absolute Gasteiger partial charge is 0.236 e. The Bertz CT molecular complexity index is 1370. The number of nitriles is 1. The van der Waals surface area contributed by atoms with E-state index in [-0.39, 0.29) is 17.6 Å². The Hall–Kier alpha value is -3.55. The summed E-state index contributed by atoms with van der Waals surface area (Å²) in [6.07, 6.45) is 1.05. The van der Waals surface area contributed by atoms with Crippen molar-refractivity contribution in [3.63, 3.8) is 0 Å². The molecule has 34 heavy (non-hydrogen) atoms. The lowest BCUT2D eigenvalue weighted by atomic mass is 10.0. The number of likely N-dealkylation sites (N-methyl/N-ethyl adjacent to an activating group) is 1. The van der Waals surface area contributed by atoms with Crippen molar-refractivity contribution < 1.29 is 9.84 Å². The summed E-state index contributed by atoms with van der Waals surface area (Å²) >= 11 is 6.47. The van der Waals surface area contributed by atoms with Crippen LogP contribution in [0, 0.1) is 11.3 Å². The molecule has 0 spiro atoms. The van der Waals surface area contributed by atoms with Crippen molar-refractivity contribution >= 4 is 28.3 Å². The second kappa shape index (κ2) is 9.37. The van der Waals surface area contributed by atoms with Crippen LogP contribution in [-0.4, -0.2) is 62.8 Å². The largest absolute Gasteiger partial charge is 0.351 e. The molecule has 1 aliphatic heterocycles. The molecule has 10 heteroatoms. The van der Waals surface area contributed by atoms with E-state index in [9.17, 15) is 10.4 Å². The third-order valence-electron chi connectivity index (χ3n) is 5.75. The molecule has 0 amide bonds. The molecule has 2 aromatic heterocycles. The molecule has 1 aliphatic rings. The number of aromatic nitrogens is 4. The zero-order valence-electron chi connectivity index (χ0n) is 18.4. The highest BCUT2D eigenvalue weighted by atomic mass is 35.5. The van der Waals surface area contributed by atoms with Crippen molar-refractivity contribution in [2.45, 2.75) is 18.9 Å². The number of nitrogens with one attached hydrogen (secondary N) is 2. The average Bonchev–Trinajstić information content (AvgIpc) is 3.48. The number of ether oxygens (including phenoxy) is 1. The minimum atomic E-state index is -1.33. The number of rotatable bonds is 6. The van der Waals surface area contributed by atoms with Crippen LogP contribution in [-0.2, 0) is 4.74 Å². The molecule has 4 aromatic rings. The highest BCUT2D eigenvalue weighted by molar-refractivity contribution is 6.35. The zero-order valence-corrected chi connectivity index (χ0v) is 19.1. The van der Waals surface area contributed by atoms with Gasteiger partial charge in [-0.1, -0.05) is 41.9 Å². The molecule has 5 rings (SSSR count). The van der Waals surface area contributed by atoms with E-state index in [1.165, 1.54) is 0 Å². The lowest BCUT2D eigenvalue weighted by Crippen LogP contribution is -2.31. The van der Waals surface area contributed by atoms with Crippen LogP contribution in [0.2, 0.25) is 5.02 Å². The number of fused-ring (bicyclic) bond motifs is 1. The van der Waals surface area contributed by atoms with Crippen molar-refractivity contribution in [2.75, 3.05) is 25.5 Å². The van der Waals surface area contributed by atoms with Gasteiger partial charge in [-0.2, -0.15) is 10.4 Å². The van der Waals surface area contributed by atoms with Crippen molar-refractivity contribution in [3.05, 3.63) is 59.4 Å². The van der Waals surface area contributed by atoms with Gasteiger partial charge in [0.2, 0.25) is 6.41 Å². The molecule has 9 nitrogen and oxygen atoms in total. The van der Waals surface area contributed by atoms with Crippen molar-refractivity contribution in [2.24, 2.45) is 0 Å². The summed E-state index contributed by atoms with van der Waals surface area (Å²) in [5.74, 6) is 0.138. The molecule has 3 N–H and O–H groups in total. The fourth-order valence-electron chi connectivity index (χ4n) is 4.10. The molecule has 2 atom stereocenters. The van der Waals surface area contributed by atoms with Crippen LogP contribution in [0.4, 0.5) is 5.82 Å². The Labute approximate surface area is 201 Å². The molecule has 2 unspecified atom stereocenters. The molecule has 0 radical (unpaired) electrons. The third kappa shape index (κ3) is 4.44. The van der Waals surface area contributed by atoms with E-state index in [1.54, 1.807) is 12.3 Å². The van der Waals surface area contributed by atoms with Crippen molar-refractivity contribution in [1.82, 2.24) is 25.1 Å². The predicted molar refractivity (Wildman–Crippen MR) is 129 cm³/mol. The van der Waals surface area contributed by atoms with Crippen LogP contribution in [0.15, 0.2) is 48.7 Å². The first-order valence-electron chi connectivity index (χ1n) is 10.8. The number of aliphatic hydroxyl groups is 1. The monoisotopic (exact) mass is 475 g/mol. The third-order valence-corrected chi connectivity index (χ3v) is 6.05. The van der Waals surface area contributed by atoms with Crippen LogP contribution in [0.3, 0.4) is 0 Å². The van der Waals surface area contributed by atoms with Crippen LogP contribution >= 0.6 is 11.6 Å². The molecule has 1 fully saturated rings. The first-order valence-corrected chi connectivity index (χ1v) is 11.2. The summed E-state index contributed by atoms with van der Waals surface area (Å²) < 4.78 is 5.70. The van der Waals surface area contributed by atoms with Gasteiger partial charge in [0.15, 0.2) is 11.5 Å². The summed E-state index contributed by atoms with van der Waals surface area (Å²) in [4.78, 5) is 11.4. The maximum atomic E-state index is 10.5. The summed E-state index contributed by atoms with van der Waals surface area (Å²) in [6, 6.07) is 15.2. The maximum absolute atomic E-state index is 10.5. The number of halogens is 1. The normalized spacial score (nSPS) is 17.1. The van der Waals surface area contributed by atoms with Crippen LogP contribution < -0.4 is 5.32 Å². The standard InChI is InChI=1S/C24H22ClN7O2/c1-32-8-7-17(13-32)34-24(33)30-23-19(11-26)28-22(21(29-23)14-5-3-2-4-6-14)15-9-16-12-27-31-20(16)18(25)10-15/h2-6,9-10,12,17,24,33H,7-8,13H2,1H3,(H,27,31)(H,29,30). The van der Waals surface area contributed by atoms with E-state index in [0.717, 1.165) is 36.0 Å². The molecule has 0 bridgehead atoms. The SMILES string of the molecule is CN1CCC(OC(O)Nc2nc(-c3ccccc3)c(-c3cc(Cl)c4[nH]ncc4c3)nc2C#N)C1. The van der Waals surface area contributed by atoms with Gasteiger partial charge in [-0.25, -0.2) is 9.97 Å². The van der Waals surface area contributed by atoms with Gasteiger partial charge in [-0.15, -0.1) is 0 Å². The van der Waals surface area contributed by atoms with E-state index in [0.29, 0.717) is 22.0 Å². The Balaban J connectivity index is 1.57. The van der Waals surface area contributed by atoms with E-state index in [4.69, 9.17) is 21.3 Å². The van der Waals surface area contributed by atoms with E-state index < -0.39 is 6.41 Å². The summed E-state index contributed by atoms with van der Waals surface area (Å²) in [7, 11) is 2.00. The minimum absolute atomic E-state index is 0.0317. The highest BCUT2D eigenvalue weighted by Gasteiger charge is 2.24. The molecule has 172 valence electrons. The van der Waals surface area contributed by atoms with Gasteiger partial charge in [0.1, 0.15) is 6.07 Å². The zero-order chi connectivity index (χ0) is 23.7. The van der Waals surface area contributed by atoms with Gasteiger partial charge in [-0.3, -0.25) is 5.10 Å². The molecular formula is C24H22ClN7O2. The number of aromatic amines is 1. The van der Waals surface area contributed by atoms with Crippen LogP contribution in [0.1, 0.15) is 12.1 Å². The average molecular weight is 476 g/mol. The first-order chi connectivity index (χ1) is 16.5. The fraction of sp³-hybridized carbons (Fsp3) is 0.250. The highest BCUT2D eigenvalue weighted by Crippen LogP contribution is 2.35. The number of nitrogens with zero attached hydrogens (tertiary/aromatic N) is 5. The second-order valence-corrected chi connectivity index (χ2v) is 8.60. The van der Waals surface area contributed by atoms with Crippen LogP contribution in [0.5, 0.6) is 0 Å². The van der Waals surface area contributed by atoms with Gasteiger partial charge in [0.25, 0.3) is 0 Å². The Kier molecular flexibility index (Phi) is 6.13. The second-order valence-electron chi connectivity index (χ2n) is 8.19. The lowest BCUT2D eigenvalue weighted by Gasteiger charge is -2.20. The maximum Gasteiger partial charge on any atom is 0.236 e. The van der Waals surface area contributed by atoms with Gasteiger partial charge in [0, 0.05) is 29.6 Å². The number of H-pyrrole nitrogens is 1. The predicted octanol–water partition coefficient (Wildman–Crippen LogP) is 3.62. The summed E-state index contributed by atoms with van der Waals surface area (Å²) in [5.41, 5.74) is 3.27. The molecule has 0 aliphatic carbocycles. The molecular weight excluding hydrogens is 454 g/mol. The molecule has 3 heterocycles. The number of benzene rings is 2. The minimum Gasteiger partial charge on any atom is -0.351 e. The number of hydrogen-bond acceptors (Lipinski definition) is 8. The fourth-order valence-corrected chi connectivity index (χ4v) is 4.37. The van der Waals surface area contributed by atoms with Gasteiger partial charge >= 0.3 is 0 Å².